The van der Waals surface area contributed by atoms with E-state index < -0.39 is 19.5 Å². The maximum absolute atomic E-state index is 13.4. The summed E-state index contributed by atoms with van der Waals surface area (Å²) in [5, 5.41) is 0.447. The van der Waals surface area contributed by atoms with E-state index in [1.165, 1.54) is 6.92 Å². The first-order valence-corrected chi connectivity index (χ1v) is 11.9. The van der Waals surface area contributed by atoms with Crippen LogP contribution in [0.5, 0.6) is 5.75 Å². The smallest absolute Gasteiger partial charge is 0.361 e. The SMILES string of the molecule is C=C(C(Cl)=C(C)F)C(C)Oc1cc(-c2ccc(P(=O)(OCC)OCC)cc2)cnc1C. The molecule has 0 spiro atoms. The van der Waals surface area contributed by atoms with Gasteiger partial charge in [0.25, 0.3) is 0 Å². The Balaban J connectivity index is 2.30. The van der Waals surface area contributed by atoms with E-state index in [0.717, 1.165) is 11.1 Å². The lowest BCUT2D eigenvalue weighted by Gasteiger charge is -2.19. The van der Waals surface area contributed by atoms with Crippen LogP contribution >= 0.6 is 19.2 Å². The highest BCUT2D eigenvalue weighted by atomic mass is 35.5. The number of pyridine rings is 1. The van der Waals surface area contributed by atoms with Gasteiger partial charge in [-0.25, -0.2) is 4.39 Å². The Morgan fingerprint density at radius 1 is 1.19 bits per heavy atom. The third kappa shape index (κ3) is 6.27. The summed E-state index contributed by atoms with van der Waals surface area (Å²) in [7, 11) is -3.35. The lowest BCUT2D eigenvalue weighted by Crippen LogP contribution is -2.16. The average Bonchev–Trinajstić information content (AvgIpc) is 2.74. The Kier molecular flexibility index (Phi) is 9.01. The van der Waals surface area contributed by atoms with Crippen LogP contribution in [-0.2, 0) is 13.6 Å². The van der Waals surface area contributed by atoms with Gasteiger partial charge in [-0.2, -0.15) is 0 Å². The van der Waals surface area contributed by atoms with Gasteiger partial charge in [0.15, 0.2) is 0 Å². The lowest BCUT2D eigenvalue weighted by molar-refractivity contribution is 0.230. The number of allylic oxidation sites excluding steroid dienone is 1. The van der Waals surface area contributed by atoms with Crippen molar-refractivity contribution in [1.29, 1.82) is 0 Å². The van der Waals surface area contributed by atoms with Crippen molar-refractivity contribution in [3.63, 3.8) is 0 Å². The molecule has 0 saturated carbocycles. The molecule has 0 radical (unpaired) electrons. The Labute approximate surface area is 188 Å². The predicted octanol–water partition coefficient (Wildman–Crippen LogP) is 6.71. The summed E-state index contributed by atoms with van der Waals surface area (Å²) in [6, 6.07) is 8.93. The van der Waals surface area contributed by atoms with Gasteiger partial charge >= 0.3 is 7.60 Å². The van der Waals surface area contributed by atoms with Crippen LogP contribution < -0.4 is 10.0 Å². The van der Waals surface area contributed by atoms with Gasteiger partial charge in [-0.05, 0) is 58.4 Å². The van der Waals surface area contributed by atoms with Gasteiger partial charge in [0, 0.05) is 17.3 Å². The number of hydrogen-bond donors (Lipinski definition) is 0. The molecule has 0 aliphatic rings. The highest BCUT2D eigenvalue weighted by molar-refractivity contribution is 7.62. The van der Waals surface area contributed by atoms with Crippen molar-refractivity contribution in [2.45, 2.75) is 40.7 Å². The van der Waals surface area contributed by atoms with Crippen molar-refractivity contribution in [2.75, 3.05) is 13.2 Å². The van der Waals surface area contributed by atoms with Crippen LogP contribution in [0.15, 0.2) is 59.5 Å². The normalized spacial score (nSPS) is 13.5. The van der Waals surface area contributed by atoms with E-state index in [0.29, 0.717) is 22.3 Å². The molecule has 0 N–H and O–H groups in total. The number of halogens is 2. The first-order valence-electron chi connectivity index (χ1n) is 9.97. The monoisotopic (exact) mass is 467 g/mol. The minimum Gasteiger partial charge on any atom is -0.484 e. The van der Waals surface area contributed by atoms with Gasteiger partial charge in [0.05, 0.1) is 29.2 Å². The van der Waals surface area contributed by atoms with Gasteiger partial charge in [-0.1, -0.05) is 30.3 Å². The fourth-order valence-corrected chi connectivity index (χ4v) is 4.53. The Bertz CT molecular complexity index is 993. The minimum atomic E-state index is -3.35. The second-order valence-electron chi connectivity index (χ2n) is 6.82. The molecule has 0 fully saturated rings. The summed E-state index contributed by atoms with van der Waals surface area (Å²) in [5.41, 5.74) is 2.67. The summed E-state index contributed by atoms with van der Waals surface area (Å²) in [6.45, 7) is 12.8. The maximum atomic E-state index is 13.4. The predicted molar refractivity (Wildman–Crippen MR) is 124 cm³/mol. The van der Waals surface area contributed by atoms with Crippen molar-refractivity contribution in [2.24, 2.45) is 0 Å². The third-order valence-electron chi connectivity index (χ3n) is 4.53. The molecule has 0 saturated heterocycles. The highest BCUT2D eigenvalue weighted by Crippen LogP contribution is 2.47. The first kappa shape index (κ1) is 25.3. The molecule has 1 aromatic carbocycles. The zero-order valence-corrected chi connectivity index (χ0v) is 20.1. The molecule has 168 valence electrons. The quantitative estimate of drug-likeness (QED) is 0.287. The van der Waals surface area contributed by atoms with Crippen molar-refractivity contribution in [1.82, 2.24) is 4.98 Å². The fourth-order valence-electron chi connectivity index (χ4n) is 2.81. The van der Waals surface area contributed by atoms with Crippen LogP contribution in [0.3, 0.4) is 0 Å². The van der Waals surface area contributed by atoms with Crippen LogP contribution in [0, 0.1) is 6.92 Å². The standard InChI is InChI=1S/C23H28ClFNO4P/c1-7-28-31(27,29-8-2)21-11-9-19(10-12-21)20-13-22(17(5)26-14-20)30-18(6)15(3)23(24)16(4)25/h9-14,18H,3,7-8H2,1-2,4-6H3. The fraction of sp³-hybridized carbons (Fsp3) is 0.348. The largest absolute Gasteiger partial charge is 0.484 e. The number of hydrogen-bond acceptors (Lipinski definition) is 5. The zero-order valence-electron chi connectivity index (χ0n) is 18.4. The zero-order chi connectivity index (χ0) is 23.2. The number of benzene rings is 1. The molecule has 0 bridgehead atoms. The molecule has 2 rings (SSSR count). The lowest BCUT2D eigenvalue weighted by atomic mass is 10.1. The third-order valence-corrected chi connectivity index (χ3v) is 7.16. The van der Waals surface area contributed by atoms with Gasteiger partial charge in [0.1, 0.15) is 17.7 Å². The van der Waals surface area contributed by atoms with Crippen LogP contribution in [0.2, 0.25) is 0 Å². The summed E-state index contributed by atoms with van der Waals surface area (Å²) in [6.07, 6.45) is 1.18. The Morgan fingerprint density at radius 2 is 1.77 bits per heavy atom. The topological polar surface area (TPSA) is 57.7 Å². The van der Waals surface area contributed by atoms with Gasteiger partial charge in [0.2, 0.25) is 0 Å². The number of nitrogens with zero attached hydrogens (tertiary/aromatic N) is 1. The van der Waals surface area contributed by atoms with Crippen molar-refractivity contribution >= 4 is 24.5 Å². The molecule has 2 aromatic rings. The van der Waals surface area contributed by atoms with Crippen LogP contribution in [0.25, 0.3) is 11.1 Å². The molecular weight excluding hydrogens is 440 g/mol. The average molecular weight is 468 g/mol. The molecule has 1 heterocycles. The number of aromatic nitrogens is 1. The first-order chi connectivity index (χ1) is 14.6. The van der Waals surface area contributed by atoms with Gasteiger partial charge in [-0.15, -0.1) is 0 Å². The van der Waals surface area contributed by atoms with E-state index in [2.05, 4.69) is 11.6 Å². The summed E-state index contributed by atoms with van der Waals surface area (Å²) in [4.78, 5) is 4.40. The number of rotatable bonds is 10. The van der Waals surface area contributed by atoms with Crippen molar-refractivity contribution in [3.8, 4) is 16.9 Å². The van der Waals surface area contributed by atoms with Crippen LogP contribution in [0.1, 0.15) is 33.4 Å². The van der Waals surface area contributed by atoms with Crippen LogP contribution in [0.4, 0.5) is 4.39 Å². The van der Waals surface area contributed by atoms with Gasteiger partial charge < -0.3 is 13.8 Å². The molecule has 8 heteroatoms. The molecule has 5 nitrogen and oxygen atoms in total. The van der Waals surface area contributed by atoms with E-state index in [1.54, 1.807) is 39.1 Å². The Hall–Kier alpha value is -1.98. The maximum Gasteiger partial charge on any atom is 0.361 e. The molecule has 1 unspecified atom stereocenters. The molecule has 1 aromatic heterocycles. The molecule has 0 aliphatic heterocycles. The Morgan fingerprint density at radius 3 is 2.29 bits per heavy atom. The van der Waals surface area contributed by atoms with E-state index in [9.17, 15) is 8.96 Å². The van der Waals surface area contributed by atoms with Crippen LogP contribution in [-0.4, -0.2) is 24.3 Å². The highest BCUT2D eigenvalue weighted by Gasteiger charge is 2.26. The van der Waals surface area contributed by atoms with Crippen molar-refractivity contribution in [3.05, 3.63) is 65.2 Å². The van der Waals surface area contributed by atoms with E-state index in [1.807, 2.05) is 25.1 Å². The summed E-state index contributed by atoms with van der Waals surface area (Å²) < 4.78 is 43.1. The number of ether oxygens (including phenoxy) is 1. The van der Waals surface area contributed by atoms with E-state index >= 15 is 0 Å². The second kappa shape index (κ2) is 11.1. The molecular formula is C23H28ClFNO4P. The molecule has 1 atom stereocenters. The second-order valence-corrected chi connectivity index (χ2v) is 9.23. The van der Waals surface area contributed by atoms with E-state index in [4.69, 9.17) is 25.4 Å². The summed E-state index contributed by atoms with van der Waals surface area (Å²) in [5.74, 6) is 0.0210. The van der Waals surface area contributed by atoms with Crippen molar-refractivity contribution < 1.29 is 22.7 Å². The minimum absolute atomic E-state index is 0.0436. The molecule has 31 heavy (non-hydrogen) atoms. The molecule has 0 aliphatic carbocycles. The van der Waals surface area contributed by atoms with E-state index in [-0.39, 0.29) is 18.2 Å². The van der Waals surface area contributed by atoms with Gasteiger partial charge in [-0.3, -0.25) is 9.55 Å². The molecule has 0 amide bonds. The number of aryl methyl sites for hydroxylation is 1. The summed E-state index contributed by atoms with van der Waals surface area (Å²) >= 11 is 5.96.